The molecule has 0 aromatic heterocycles. The Morgan fingerprint density at radius 3 is 2.38 bits per heavy atom. The van der Waals surface area contributed by atoms with E-state index in [2.05, 4.69) is 50.2 Å². The maximum absolute atomic E-state index is 5.41. The van der Waals surface area contributed by atoms with Gasteiger partial charge in [-0.25, -0.2) is 0 Å². The first kappa shape index (κ1) is 16.2. The molecule has 0 saturated carbocycles. The fourth-order valence-electron chi connectivity index (χ4n) is 2.08. The minimum atomic E-state index is 0.134. The quantitative estimate of drug-likeness (QED) is 0.710. The minimum Gasteiger partial charge on any atom is -0.497 e. The molecule has 0 saturated heterocycles. The third kappa shape index (κ3) is 3.92. The normalized spacial score (nSPS) is 11.9. The molecular weight excluding hydrogens is 398 g/mol. The third-order valence-electron chi connectivity index (χ3n) is 3.21. The van der Waals surface area contributed by atoms with Crippen LogP contribution in [-0.4, -0.2) is 14.2 Å². The van der Waals surface area contributed by atoms with Gasteiger partial charge in [0.15, 0.2) is 0 Å². The van der Waals surface area contributed by atoms with E-state index < -0.39 is 0 Å². The highest BCUT2D eigenvalue weighted by atomic mass is 79.9. The average molecular weight is 415 g/mol. The van der Waals surface area contributed by atoms with Gasteiger partial charge in [0.25, 0.3) is 0 Å². The Labute approximate surface area is 141 Å². The number of hydrogen-bond donors (Lipinski definition) is 1. The molecule has 0 radical (unpaired) electrons. The first-order chi connectivity index (χ1) is 10.0. The molecule has 0 bridgehead atoms. The number of nitrogens with one attached hydrogen (secondary N) is 1. The van der Waals surface area contributed by atoms with Crippen LogP contribution in [0.15, 0.2) is 45.3 Å². The van der Waals surface area contributed by atoms with E-state index in [0.29, 0.717) is 0 Å². The summed E-state index contributed by atoms with van der Waals surface area (Å²) in [6.07, 6.45) is 0. The number of anilines is 1. The van der Waals surface area contributed by atoms with Crippen LogP contribution >= 0.6 is 31.9 Å². The Hall–Kier alpha value is -1.20. The number of rotatable bonds is 5. The van der Waals surface area contributed by atoms with Crippen LogP contribution in [0, 0.1) is 0 Å². The molecule has 1 N–H and O–H groups in total. The molecule has 5 heteroatoms. The summed E-state index contributed by atoms with van der Waals surface area (Å²) in [5.74, 6) is 1.53. The molecule has 0 amide bonds. The fraction of sp³-hybridized carbons (Fsp3) is 0.250. The van der Waals surface area contributed by atoms with E-state index in [0.717, 1.165) is 26.1 Å². The summed E-state index contributed by atoms with van der Waals surface area (Å²) in [5.41, 5.74) is 2.11. The second-order valence-corrected chi connectivity index (χ2v) is 6.37. The van der Waals surface area contributed by atoms with Gasteiger partial charge >= 0.3 is 0 Å². The molecule has 112 valence electrons. The number of ether oxygens (including phenoxy) is 2. The lowest BCUT2D eigenvalue weighted by molar-refractivity contribution is 0.395. The summed E-state index contributed by atoms with van der Waals surface area (Å²) < 4.78 is 12.7. The molecule has 1 atom stereocenters. The molecule has 0 heterocycles. The van der Waals surface area contributed by atoms with Gasteiger partial charge in [0.2, 0.25) is 0 Å². The molecule has 1 unspecified atom stereocenters. The SMILES string of the molecule is COc1ccc(NC(C)c2ccc(Br)cc2Br)c(OC)c1. The summed E-state index contributed by atoms with van der Waals surface area (Å²) >= 11 is 7.06. The van der Waals surface area contributed by atoms with Crippen molar-refractivity contribution in [3.05, 3.63) is 50.9 Å². The molecule has 2 aromatic carbocycles. The summed E-state index contributed by atoms with van der Waals surface area (Å²) in [6, 6.07) is 12.0. The van der Waals surface area contributed by atoms with E-state index >= 15 is 0 Å². The summed E-state index contributed by atoms with van der Waals surface area (Å²) in [7, 11) is 3.30. The lowest BCUT2D eigenvalue weighted by atomic mass is 10.1. The zero-order chi connectivity index (χ0) is 15.4. The Bertz CT molecular complexity index is 632. The predicted molar refractivity (Wildman–Crippen MR) is 93.4 cm³/mol. The second-order valence-electron chi connectivity index (χ2n) is 4.60. The van der Waals surface area contributed by atoms with Crippen molar-refractivity contribution in [3.8, 4) is 11.5 Å². The highest BCUT2D eigenvalue weighted by molar-refractivity contribution is 9.11. The first-order valence-electron chi connectivity index (χ1n) is 6.48. The zero-order valence-corrected chi connectivity index (χ0v) is 15.3. The van der Waals surface area contributed by atoms with Gasteiger partial charge in [-0.3, -0.25) is 0 Å². The molecule has 0 aliphatic heterocycles. The molecular formula is C16H17Br2NO2. The second kappa shape index (κ2) is 7.18. The molecule has 2 rings (SSSR count). The van der Waals surface area contributed by atoms with Crippen LogP contribution in [0.4, 0.5) is 5.69 Å². The van der Waals surface area contributed by atoms with Crippen LogP contribution in [0.2, 0.25) is 0 Å². The van der Waals surface area contributed by atoms with Crippen molar-refractivity contribution < 1.29 is 9.47 Å². The van der Waals surface area contributed by atoms with Crippen LogP contribution < -0.4 is 14.8 Å². The largest absolute Gasteiger partial charge is 0.497 e. The summed E-state index contributed by atoms with van der Waals surface area (Å²) in [5, 5.41) is 3.46. The van der Waals surface area contributed by atoms with E-state index in [1.807, 2.05) is 30.3 Å². The van der Waals surface area contributed by atoms with Crippen LogP contribution in [0.5, 0.6) is 11.5 Å². The summed E-state index contributed by atoms with van der Waals surface area (Å²) in [4.78, 5) is 0. The Morgan fingerprint density at radius 2 is 1.76 bits per heavy atom. The van der Waals surface area contributed by atoms with Crippen molar-refractivity contribution in [2.75, 3.05) is 19.5 Å². The van der Waals surface area contributed by atoms with Crippen molar-refractivity contribution in [1.29, 1.82) is 0 Å². The monoisotopic (exact) mass is 413 g/mol. The lowest BCUT2D eigenvalue weighted by Crippen LogP contribution is -2.08. The van der Waals surface area contributed by atoms with Crippen molar-refractivity contribution >= 4 is 37.5 Å². The van der Waals surface area contributed by atoms with Gasteiger partial charge in [0.1, 0.15) is 11.5 Å². The van der Waals surface area contributed by atoms with Crippen LogP contribution in [-0.2, 0) is 0 Å². The van der Waals surface area contributed by atoms with E-state index in [1.54, 1.807) is 14.2 Å². The maximum Gasteiger partial charge on any atom is 0.145 e. The average Bonchev–Trinajstić information content (AvgIpc) is 2.47. The van der Waals surface area contributed by atoms with Crippen LogP contribution in [0.25, 0.3) is 0 Å². The van der Waals surface area contributed by atoms with Crippen LogP contribution in [0.3, 0.4) is 0 Å². The van der Waals surface area contributed by atoms with E-state index in [9.17, 15) is 0 Å². The van der Waals surface area contributed by atoms with Crippen LogP contribution in [0.1, 0.15) is 18.5 Å². The highest BCUT2D eigenvalue weighted by Crippen LogP contribution is 2.34. The molecule has 3 nitrogen and oxygen atoms in total. The number of benzene rings is 2. The Kier molecular flexibility index (Phi) is 5.53. The fourth-order valence-corrected chi connectivity index (χ4v) is 3.47. The Balaban J connectivity index is 2.24. The van der Waals surface area contributed by atoms with Gasteiger partial charge in [-0.05, 0) is 36.8 Å². The number of methoxy groups -OCH3 is 2. The van der Waals surface area contributed by atoms with Crippen molar-refractivity contribution in [2.45, 2.75) is 13.0 Å². The molecule has 21 heavy (non-hydrogen) atoms. The number of halogens is 2. The molecule has 0 spiro atoms. The van der Waals surface area contributed by atoms with E-state index in [4.69, 9.17) is 9.47 Å². The summed E-state index contributed by atoms with van der Waals surface area (Å²) in [6.45, 7) is 2.11. The van der Waals surface area contributed by atoms with Crippen molar-refractivity contribution in [3.63, 3.8) is 0 Å². The molecule has 0 aliphatic rings. The van der Waals surface area contributed by atoms with Crippen molar-refractivity contribution in [2.24, 2.45) is 0 Å². The molecule has 0 fully saturated rings. The minimum absolute atomic E-state index is 0.134. The van der Waals surface area contributed by atoms with Gasteiger partial charge in [0.05, 0.1) is 19.9 Å². The predicted octanol–water partition coefficient (Wildman–Crippen LogP) is 5.40. The zero-order valence-electron chi connectivity index (χ0n) is 12.1. The number of hydrogen-bond acceptors (Lipinski definition) is 3. The van der Waals surface area contributed by atoms with Gasteiger partial charge in [-0.2, -0.15) is 0 Å². The first-order valence-corrected chi connectivity index (χ1v) is 8.07. The molecule has 0 aliphatic carbocycles. The Morgan fingerprint density at radius 1 is 1.00 bits per heavy atom. The third-order valence-corrected chi connectivity index (χ3v) is 4.39. The van der Waals surface area contributed by atoms with E-state index in [1.165, 1.54) is 5.56 Å². The van der Waals surface area contributed by atoms with E-state index in [-0.39, 0.29) is 6.04 Å². The highest BCUT2D eigenvalue weighted by Gasteiger charge is 2.12. The van der Waals surface area contributed by atoms with Crippen molar-refractivity contribution in [1.82, 2.24) is 0 Å². The molecule has 2 aromatic rings. The van der Waals surface area contributed by atoms with Gasteiger partial charge in [-0.15, -0.1) is 0 Å². The maximum atomic E-state index is 5.41. The standard InChI is InChI=1S/C16H17Br2NO2/c1-10(13-6-4-11(17)8-14(13)18)19-15-7-5-12(20-2)9-16(15)21-3/h4-10,19H,1-3H3. The van der Waals surface area contributed by atoms with Gasteiger partial charge < -0.3 is 14.8 Å². The smallest absolute Gasteiger partial charge is 0.145 e. The van der Waals surface area contributed by atoms with Gasteiger partial charge in [-0.1, -0.05) is 37.9 Å². The topological polar surface area (TPSA) is 30.5 Å². The lowest BCUT2D eigenvalue weighted by Gasteiger charge is -2.19. The van der Waals surface area contributed by atoms with Gasteiger partial charge in [0, 0.05) is 21.1 Å².